The summed E-state index contributed by atoms with van der Waals surface area (Å²) in [7, 11) is 1.67. The fourth-order valence-electron chi connectivity index (χ4n) is 1.52. The molecule has 0 aliphatic rings. The highest BCUT2D eigenvalue weighted by atomic mass is 79.9. The fraction of sp³-hybridized carbons (Fsp3) is 0.0833. The molecular formula is C12H8BrN5O3. The third-order valence-electron chi connectivity index (χ3n) is 2.49. The van der Waals surface area contributed by atoms with Crippen molar-refractivity contribution in [1.29, 1.82) is 5.26 Å². The third-order valence-corrected chi connectivity index (χ3v) is 3.20. The van der Waals surface area contributed by atoms with Crippen LogP contribution in [0.4, 0.5) is 11.5 Å². The van der Waals surface area contributed by atoms with E-state index in [-0.39, 0.29) is 22.9 Å². The molecule has 2 rings (SSSR count). The van der Waals surface area contributed by atoms with Crippen LogP contribution >= 0.6 is 15.9 Å². The molecule has 1 heterocycles. The molecule has 0 saturated heterocycles. The molecule has 2 aromatic rings. The SMILES string of the molecule is CNc1ncnc(Oc2ccc(C#N)cc2[N+](=O)[O-])c1Br. The van der Waals surface area contributed by atoms with Gasteiger partial charge in [-0.3, -0.25) is 10.1 Å². The maximum Gasteiger partial charge on any atom is 0.312 e. The Morgan fingerprint density at radius 1 is 1.48 bits per heavy atom. The minimum atomic E-state index is -0.621. The monoisotopic (exact) mass is 349 g/mol. The second-order valence-corrected chi connectivity index (χ2v) is 4.54. The summed E-state index contributed by atoms with van der Waals surface area (Å²) in [6.45, 7) is 0. The van der Waals surface area contributed by atoms with Crippen LogP contribution in [0.5, 0.6) is 11.6 Å². The highest BCUT2D eigenvalue weighted by molar-refractivity contribution is 9.10. The number of nitrogens with one attached hydrogen (secondary N) is 1. The van der Waals surface area contributed by atoms with Crippen molar-refractivity contribution < 1.29 is 9.66 Å². The van der Waals surface area contributed by atoms with Gasteiger partial charge in [0, 0.05) is 13.1 Å². The van der Waals surface area contributed by atoms with E-state index in [9.17, 15) is 10.1 Å². The topological polar surface area (TPSA) is 114 Å². The number of rotatable bonds is 4. The summed E-state index contributed by atoms with van der Waals surface area (Å²) < 4.78 is 5.89. The molecule has 0 aliphatic heterocycles. The summed E-state index contributed by atoms with van der Waals surface area (Å²) >= 11 is 3.25. The molecule has 1 aromatic carbocycles. The van der Waals surface area contributed by atoms with Crippen molar-refractivity contribution in [2.45, 2.75) is 0 Å². The van der Waals surface area contributed by atoms with Gasteiger partial charge in [0.05, 0.1) is 16.6 Å². The third kappa shape index (κ3) is 3.06. The van der Waals surface area contributed by atoms with Gasteiger partial charge in [0.25, 0.3) is 0 Å². The maximum absolute atomic E-state index is 11.0. The Hall–Kier alpha value is -2.73. The lowest BCUT2D eigenvalue weighted by Crippen LogP contribution is -1.99. The van der Waals surface area contributed by atoms with Crippen LogP contribution in [0.2, 0.25) is 0 Å². The van der Waals surface area contributed by atoms with E-state index in [0.717, 1.165) is 6.07 Å². The largest absolute Gasteiger partial charge is 0.430 e. The Kier molecular flexibility index (Phi) is 4.30. The summed E-state index contributed by atoms with van der Waals surface area (Å²) in [6, 6.07) is 5.76. The molecule has 1 aromatic heterocycles. The number of nitro benzene ring substituents is 1. The van der Waals surface area contributed by atoms with Crippen LogP contribution < -0.4 is 10.1 Å². The summed E-state index contributed by atoms with van der Waals surface area (Å²) in [5.41, 5.74) is -0.141. The number of hydrogen-bond donors (Lipinski definition) is 1. The van der Waals surface area contributed by atoms with Crippen molar-refractivity contribution in [3.05, 3.63) is 44.7 Å². The first kappa shape index (κ1) is 14.7. The van der Waals surface area contributed by atoms with Crippen LogP contribution in [0.3, 0.4) is 0 Å². The molecule has 106 valence electrons. The van der Waals surface area contributed by atoms with Gasteiger partial charge in [0.1, 0.15) is 16.6 Å². The second-order valence-electron chi connectivity index (χ2n) is 3.74. The number of anilines is 1. The van der Waals surface area contributed by atoms with Crippen molar-refractivity contribution in [3.63, 3.8) is 0 Å². The van der Waals surface area contributed by atoms with E-state index in [4.69, 9.17) is 10.00 Å². The number of aromatic nitrogens is 2. The molecule has 21 heavy (non-hydrogen) atoms. The zero-order valence-electron chi connectivity index (χ0n) is 10.7. The molecule has 9 heteroatoms. The van der Waals surface area contributed by atoms with Crippen LogP contribution in [-0.4, -0.2) is 21.9 Å². The van der Waals surface area contributed by atoms with Gasteiger partial charge in [-0.25, -0.2) is 9.97 Å². The van der Waals surface area contributed by atoms with Crippen LogP contribution in [-0.2, 0) is 0 Å². The van der Waals surface area contributed by atoms with E-state index in [2.05, 4.69) is 31.2 Å². The van der Waals surface area contributed by atoms with Crippen LogP contribution in [0, 0.1) is 21.4 Å². The van der Waals surface area contributed by atoms with E-state index in [1.807, 2.05) is 6.07 Å². The molecule has 0 aliphatic carbocycles. The Balaban J connectivity index is 2.45. The van der Waals surface area contributed by atoms with E-state index < -0.39 is 4.92 Å². The Labute approximate surface area is 127 Å². The van der Waals surface area contributed by atoms with Gasteiger partial charge in [-0.05, 0) is 28.1 Å². The zero-order valence-corrected chi connectivity index (χ0v) is 12.3. The Morgan fingerprint density at radius 2 is 2.24 bits per heavy atom. The summed E-state index contributed by atoms with van der Waals surface area (Å²) in [4.78, 5) is 18.3. The van der Waals surface area contributed by atoms with Gasteiger partial charge >= 0.3 is 5.69 Å². The molecule has 0 radical (unpaired) electrons. The molecule has 0 fully saturated rings. The predicted molar refractivity (Wildman–Crippen MR) is 77.2 cm³/mol. The van der Waals surface area contributed by atoms with Crippen molar-refractivity contribution in [3.8, 4) is 17.7 Å². The predicted octanol–water partition coefficient (Wildman–Crippen LogP) is 2.85. The van der Waals surface area contributed by atoms with Gasteiger partial charge in [-0.15, -0.1) is 0 Å². The maximum atomic E-state index is 11.0. The Morgan fingerprint density at radius 3 is 2.86 bits per heavy atom. The highest BCUT2D eigenvalue weighted by Gasteiger charge is 2.19. The normalized spacial score (nSPS) is 9.76. The van der Waals surface area contributed by atoms with E-state index in [1.54, 1.807) is 7.05 Å². The van der Waals surface area contributed by atoms with Crippen LogP contribution in [0.15, 0.2) is 29.0 Å². The molecular weight excluding hydrogens is 342 g/mol. The molecule has 8 nitrogen and oxygen atoms in total. The molecule has 0 atom stereocenters. The molecule has 1 N–H and O–H groups in total. The molecule has 0 saturated carbocycles. The lowest BCUT2D eigenvalue weighted by Gasteiger charge is -2.09. The zero-order chi connectivity index (χ0) is 15.4. The van der Waals surface area contributed by atoms with E-state index in [0.29, 0.717) is 10.3 Å². The average Bonchev–Trinajstić information content (AvgIpc) is 2.49. The average molecular weight is 350 g/mol. The van der Waals surface area contributed by atoms with Crippen molar-refractivity contribution in [2.75, 3.05) is 12.4 Å². The number of ether oxygens (including phenoxy) is 1. The standard InChI is InChI=1S/C12H8BrN5O3/c1-15-11-10(13)12(17-6-16-11)21-9-3-2-7(5-14)4-8(9)18(19)20/h2-4,6H,1H3,(H,15,16,17). The number of nitriles is 1. The molecule has 0 amide bonds. The quantitative estimate of drug-likeness (QED) is 0.666. The lowest BCUT2D eigenvalue weighted by atomic mass is 10.2. The number of nitrogens with zero attached hydrogens (tertiary/aromatic N) is 4. The Bertz CT molecular complexity index is 744. The second kappa shape index (κ2) is 6.15. The van der Waals surface area contributed by atoms with Crippen LogP contribution in [0.1, 0.15) is 5.56 Å². The smallest absolute Gasteiger partial charge is 0.312 e. The first-order valence-corrected chi connectivity index (χ1v) is 6.40. The number of halogens is 1. The fourth-order valence-corrected chi connectivity index (χ4v) is 2.00. The molecule has 0 unspecified atom stereocenters. The summed E-state index contributed by atoms with van der Waals surface area (Å²) in [5.74, 6) is 0.596. The van der Waals surface area contributed by atoms with Gasteiger partial charge in [0.2, 0.25) is 11.6 Å². The molecule has 0 spiro atoms. The van der Waals surface area contributed by atoms with Gasteiger partial charge in [-0.2, -0.15) is 5.26 Å². The number of hydrogen-bond acceptors (Lipinski definition) is 7. The van der Waals surface area contributed by atoms with Crippen molar-refractivity contribution >= 4 is 27.4 Å². The first-order chi connectivity index (χ1) is 10.1. The number of nitro groups is 1. The summed E-state index contributed by atoms with van der Waals surface area (Å²) in [6.07, 6.45) is 1.27. The minimum absolute atomic E-state index is 0.0135. The van der Waals surface area contributed by atoms with Gasteiger partial charge in [0.15, 0.2) is 0 Å². The minimum Gasteiger partial charge on any atom is -0.430 e. The van der Waals surface area contributed by atoms with Crippen molar-refractivity contribution in [1.82, 2.24) is 9.97 Å². The molecule has 0 bridgehead atoms. The first-order valence-electron chi connectivity index (χ1n) is 5.61. The van der Waals surface area contributed by atoms with Crippen molar-refractivity contribution in [2.24, 2.45) is 0 Å². The van der Waals surface area contributed by atoms with E-state index >= 15 is 0 Å². The lowest BCUT2D eigenvalue weighted by molar-refractivity contribution is -0.385. The van der Waals surface area contributed by atoms with Gasteiger partial charge in [-0.1, -0.05) is 0 Å². The number of benzene rings is 1. The summed E-state index contributed by atoms with van der Waals surface area (Å²) in [5, 5.41) is 22.7. The van der Waals surface area contributed by atoms with Crippen LogP contribution in [0.25, 0.3) is 0 Å². The highest BCUT2D eigenvalue weighted by Crippen LogP contribution is 2.36. The van der Waals surface area contributed by atoms with E-state index in [1.165, 1.54) is 18.5 Å². The van der Waals surface area contributed by atoms with Gasteiger partial charge < -0.3 is 10.1 Å².